The molecule has 1 aliphatic carbocycles. The summed E-state index contributed by atoms with van der Waals surface area (Å²) in [5, 5.41) is 4.76. The number of carbonyl (C=O) groups excluding carboxylic acids is 1. The summed E-state index contributed by atoms with van der Waals surface area (Å²) in [6, 6.07) is 1.89. The molecule has 2 fully saturated rings. The fraction of sp³-hybridized carbons (Fsp3) is 0.667. The summed E-state index contributed by atoms with van der Waals surface area (Å²) in [6.45, 7) is 6.88. The highest BCUT2D eigenvalue weighted by molar-refractivity contribution is 5.73. The molecule has 1 aliphatic heterocycles. The van der Waals surface area contributed by atoms with Gasteiger partial charge in [-0.15, -0.1) is 0 Å². The van der Waals surface area contributed by atoms with Gasteiger partial charge in [0.2, 0.25) is 5.91 Å². The van der Waals surface area contributed by atoms with Gasteiger partial charge in [-0.2, -0.15) is 18.3 Å². The van der Waals surface area contributed by atoms with Crippen molar-refractivity contribution >= 4 is 11.6 Å². The van der Waals surface area contributed by atoms with Crippen LogP contribution in [0.1, 0.15) is 67.3 Å². The number of halogens is 3. The summed E-state index contributed by atoms with van der Waals surface area (Å²) in [4.78, 5) is 18.3. The van der Waals surface area contributed by atoms with Crippen molar-refractivity contribution in [1.29, 1.82) is 0 Å². The highest BCUT2D eigenvalue weighted by Crippen LogP contribution is 2.43. The lowest BCUT2D eigenvalue weighted by atomic mass is 9.80. The Morgan fingerprint density at radius 2 is 1.90 bits per heavy atom. The maximum absolute atomic E-state index is 13.0. The first-order valence-electron chi connectivity index (χ1n) is 10.5. The number of alkyl halides is 3. The van der Waals surface area contributed by atoms with E-state index in [4.69, 9.17) is 9.84 Å². The van der Waals surface area contributed by atoms with Gasteiger partial charge in [-0.25, -0.2) is 9.50 Å². The van der Waals surface area contributed by atoms with Crippen molar-refractivity contribution in [3.63, 3.8) is 0 Å². The number of aryl methyl sites for hydroxylation is 1. The number of nitrogens with zero attached hydrogens (tertiary/aromatic N) is 4. The van der Waals surface area contributed by atoms with E-state index in [1.807, 2.05) is 19.9 Å². The summed E-state index contributed by atoms with van der Waals surface area (Å²) in [6.07, 6.45) is -3.22. The van der Waals surface area contributed by atoms with Crippen molar-refractivity contribution in [3.8, 4) is 0 Å². The molecule has 2 aromatic heterocycles. The van der Waals surface area contributed by atoms with E-state index in [1.165, 1.54) is 0 Å². The Kier molecular flexibility index (Phi) is 5.50. The van der Waals surface area contributed by atoms with Crippen molar-refractivity contribution in [1.82, 2.24) is 19.5 Å². The third kappa shape index (κ3) is 3.91. The molecular weight excluding hydrogens is 397 g/mol. The van der Waals surface area contributed by atoms with Gasteiger partial charge in [0, 0.05) is 31.1 Å². The molecule has 1 saturated carbocycles. The average molecular weight is 424 g/mol. The third-order valence-electron chi connectivity index (χ3n) is 6.57. The molecule has 6 nitrogen and oxygen atoms in total. The van der Waals surface area contributed by atoms with Crippen molar-refractivity contribution in [3.05, 3.63) is 28.7 Å². The number of rotatable bonds is 2. The van der Waals surface area contributed by atoms with Crippen LogP contribution in [0, 0.1) is 19.8 Å². The predicted molar refractivity (Wildman–Crippen MR) is 104 cm³/mol. The van der Waals surface area contributed by atoms with E-state index in [9.17, 15) is 18.0 Å². The van der Waals surface area contributed by atoms with Gasteiger partial charge in [0.15, 0.2) is 5.65 Å². The maximum atomic E-state index is 13.0. The van der Waals surface area contributed by atoms with Gasteiger partial charge in [-0.05, 0) is 45.1 Å². The van der Waals surface area contributed by atoms with Gasteiger partial charge in [-0.1, -0.05) is 0 Å². The number of morpholine rings is 1. The van der Waals surface area contributed by atoms with Crippen molar-refractivity contribution in [2.75, 3.05) is 19.7 Å². The van der Waals surface area contributed by atoms with Gasteiger partial charge in [0.05, 0.1) is 30.5 Å². The Labute approximate surface area is 173 Å². The second-order valence-electron chi connectivity index (χ2n) is 8.46. The SMILES string of the molecule is CC(=O)N1CCO[C@@H](c2c(C)c(C)nc3cc(C4CCC(C(F)(F)F)CC4)nn23)C1. The zero-order valence-corrected chi connectivity index (χ0v) is 17.5. The van der Waals surface area contributed by atoms with E-state index in [0.29, 0.717) is 38.2 Å². The van der Waals surface area contributed by atoms with E-state index in [2.05, 4.69) is 4.98 Å². The highest BCUT2D eigenvalue weighted by Gasteiger charge is 2.42. The summed E-state index contributed by atoms with van der Waals surface area (Å²) >= 11 is 0. The maximum Gasteiger partial charge on any atom is 0.391 e. The minimum absolute atomic E-state index is 0.000227. The lowest BCUT2D eigenvalue weighted by Crippen LogP contribution is -2.41. The molecule has 0 unspecified atom stereocenters. The Balaban J connectivity index is 1.65. The summed E-state index contributed by atoms with van der Waals surface area (Å²) in [5.41, 5.74) is 4.12. The minimum atomic E-state index is -4.12. The first-order valence-corrected chi connectivity index (χ1v) is 10.5. The fourth-order valence-corrected chi connectivity index (χ4v) is 4.64. The van der Waals surface area contributed by atoms with Crippen LogP contribution in [0.3, 0.4) is 0 Å². The summed E-state index contributed by atoms with van der Waals surface area (Å²) < 4.78 is 46.8. The van der Waals surface area contributed by atoms with Crippen LogP contribution in [-0.2, 0) is 9.53 Å². The zero-order chi connectivity index (χ0) is 21.6. The Bertz CT molecular complexity index is 948. The van der Waals surface area contributed by atoms with E-state index in [0.717, 1.165) is 22.6 Å². The van der Waals surface area contributed by atoms with Crippen molar-refractivity contribution in [2.24, 2.45) is 5.92 Å². The molecule has 1 amide bonds. The van der Waals surface area contributed by atoms with E-state index in [-0.39, 0.29) is 30.8 Å². The second-order valence-corrected chi connectivity index (χ2v) is 8.46. The van der Waals surface area contributed by atoms with Crippen LogP contribution >= 0.6 is 0 Å². The van der Waals surface area contributed by atoms with Crippen LogP contribution in [-0.4, -0.2) is 51.3 Å². The molecule has 3 heterocycles. The Morgan fingerprint density at radius 3 is 2.53 bits per heavy atom. The average Bonchev–Trinajstić information content (AvgIpc) is 3.11. The van der Waals surface area contributed by atoms with Crippen LogP contribution in [0.5, 0.6) is 0 Å². The van der Waals surface area contributed by atoms with Gasteiger partial charge >= 0.3 is 6.18 Å². The third-order valence-corrected chi connectivity index (χ3v) is 6.57. The monoisotopic (exact) mass is 424 g/mol. The molecule has 0 bridgehead atoms. The molecule has 4 rings (SSSR count). The molecule has 0 N–H and O–H groups in total. The Morgan fingerprint density at radius 1 is 1.20 bits per heavy atom. The van der Waals surface area contributed by atoms with E-state index in [1.54, 1.807) is 16.3 Å². The van der Waals surface area contributed by atoms with Crippen LogP contribution in [0.4, 0.5) is 13.2 Å². The number of carbonyl (C=O) groups is 1. The fourth-order valence-electron chi connectivity index (χ4n) is 4.64. The van der Waals surface area contributed by atoms with Crippen LogP contribution in [0.2, 0.25) is 0 Å². The van der Waals surface area contributed by atoms with Gasteiger partial charge < -0.3 is 9.64 Å². The van der Waals surface area contributed by atoms with Crippen LogP contribution in [0.25, 0.3) is 5.65 Å². The molecular formula is C21H27F3N4O2. The van der Waals surface area contributed by atoms with Crippen molar-refractivity contribution < 1.29 is 22.7 Å². The number of aromatic nitrogens is 3. The summed E-state index contributed by atoms with van der Waals surface area (Å²) in [7, 11) is 0. The van der Waals surface area contributed by atoms with E-state index >= 15 is 0 Å². The standard InChI is InChI=1S/C21H27F3N4O2/c1-12-13(2)25-19-10-17(15-4-6-16(7-5-15)21(22,23)24)26-28(19)20(12)18-11-27(14(3)29)8-9-30-18/h10,15-16,18H,4-9,11H2,1-3H3/t15?,16?,18-/m1/s1. The smallest absolute Gasteiger partial charge is 0.368 e. The number of hydrogen-bond donors (Lipinski definition) is 0. The van der Waals surface area contributed by atoms with Gasteiger partial charge in [-0.3, -0.25) is 4.79 Å². The molecule has 0 spiro atoms. The van der Waals surface area contributed by atoms with Crippen LogP contribution < -0.4 is 0 Å². The predicted octanol–water partition coefficient (Wildman–Crippen LogP) is 4.10. The van der Waals surface area contributed by atoms with Crippen LogP contribution in [0.15, 0.2) is 6.07 Å². The molecule has 0 radical (unpaired) electrons. The zero-order valence-electron chi connectivity index (χ0n) is 17.5. The number of hydrogen-bond acceptors (Lipinski definition) is 4. The lowest BCUT2D eigenvalue weighted by molar-refractivity contribution is -0.182. The molecule has 164 valence electrons. The summed E-state index contributed by atoms with van der Waals surface area (Å²) in [5.74, 6) is -1.21. The molecule has 9 heteroatoms. The van der Waals surface area contributed by atoms with Gasteiger partial charge in [0.1, 0.15) is 6.10 Å². The molecule has 1 atom stereocenters. The van der Waals surface area contributed by atoms with Crippen molar-refractivity contribution in [2.45, 2.75) is 64.7 Å². The Hall–Kier alpha value is -2.16. The molecule has 1 saturated heterocycles. The molecule has 2 aromatic rings. The largest absolute Gasteiger partial charge is 0.391 e. The molecule has 0 aromatic carbocycles. The second kappa shape index (κ2) is 7.83. The van der Waals surface area contributed by atoms with Gasteiger partial charge in [0.25, 0.3) is 0 Å². The first-order chi connectivity index (χ1) is 14.1. The quantitative estimate of drug-likeness (QED) is 0.728. The first kappa shape index (κ1) is 21.1. The number of amides is 1. The highest BCUT2D eigenvalue weighted by atomic mass is 19.4. The topological polar surface area (TPSA) is 59.7 Å². The molecule has 30 heavy (non-hydrogen) atoms. The number of ether oxygens (including phenoxy) is 1. The lowest BCUT2D eigenvalue weighted by Gasteiger charge is -2.33. The molecule has 2 aliphatic rings. The normalized spacial score (nSPS) is 25.7. The number of fused-ring (bicyclic) bond motifs is 1. The van der Waals surface area contributed by atoms with E-state index < -0.39 is 12.1 Å². The minimum Gasteiger partial charge on any atom is -0.368 e.